The molecule has 0 amide bonds. The summed E-state index contributed by atoms with van der Waals surface area (Å²) in [6.45, 7) is 0.604. The second-order valence-corrected chi connectivity index (χ2v) is 4.09. The molecule has 1 N–H and O–H groups in total. The van der Waals surface area contributed by atoms with Crippen LogP contribution in [0.5, 0.6) is 11.6 Å². The normalized spacial score (nSPS) is 9.65. The second kappa shape index (κ2) is 6.43. The van der Waals surface area contributed by atoms with Crippen LogP contribution in [-0.4, -0.2) is 19.2 Å². The molecule has 5 nitrogen and oxygen atoms in total. The van der Waals surface area contributed by atoms with Crippen molar-refractivity contribution in [3.8, 4) is 17.7 Å². The topological polar surface area (TPSA) is 67.2 Å². The maximum Gasteiger partial charge on any atom is 0.213 e. The van der Waals surface area contributed by atoms with Crippen molar-refractivity contribution < 1.29 is 9.47 Å². The van der Waals surface area contributed by atoms with E-state index in [9.17, 15) is 0 Å². The minimum atomic E-state index is 0.527. The van der Waals surface area contributed by atoms with E-state index in [4.69, 9.17) is 14.7 Å². The van der Waals surface area contributed by atoms with E-state index in [1.165, 1.54) is 0 Å². The zero-order valence-electron chi connectivity index (χ0n) is 11.4. The van der Waals surface area contributed by atoms with Crippen LogP contribution in [0.2, 0.25) is 0 Å². The number of hydrogen-bond acceptors (Lipinski definition) is 5. The zero-order valence-corrected chi connectivity index (χ0v) is 11.4. The van der Waals surface area contributed by atoms with Gasteiger partial charge >= 0.3 is 0 Å². The predicted octanol–water partition coefficient (Wildman–Crippen LogP) is 2.58. The molecule has 0 fully saturated rings. The first-order valence-corrected chi connectivity index (χ1v) is 6.07. The zero-order chi connectivity index (χ0) is 14.4. The monoisotopic (exact) mass is 269 g/mol. The molecule has 0 bridgehead atoms. The molecule has 20 heavy (non-hydrogen) atoms. The molecular weight excluding hydrogens is 254 g/mol. The average Bonchev–Trinajstić information content (AvgIpc) is 2.53. The number of nitrogens with zero attached hydrogens (tertiary/aromatic N) is 2. The SMILES string of the molecule is COc1ccc(NCc2ccc(OC)c(C#N)c2)cn1. The molecule has 2 aromatic rings. The fraction of sp³-hybridized carbons (Fsp3) is 0.200. The van der Waals surface area contributed by atoms with E-state index in [-0.39, 0.29) is 0 Å². The van der Waals surface area contributed by atoms with Gasteiger partial charge in [-0.2, -0.15) is 5.26 Å². The minimum Gasteiger partial charge on any atom is -0.495 e. The number of rotatable bonds is 5. The number of nitrogens with one attached hydrogen (secondary N) is 1. The summed E-state index contributed by atoms with van der Waals surface area (Å²) in [5, 5.41) is 12.3. The van der Waals surface area contributed by atoms with E-state index in [1.807, 2.05) is 18.2 Å². The van der Waals surface area contributed by atoms with Crippen LogP contribution in [0.15, 0.2) is 36.5 Å². The first-order valence-electron chi connectivity index (χ1n) is 6.07. The third-order valence-electron chi connectivity index (χ3n) is 2.83. The first-order chi connectivity index (χ1) is 9.76. The van der Waals surface area contributed by atoms with Crippen molar-refractivity contribution in [1.82, 2.24) is 4.98 Å². The van der Waals surface area contributed by atoms with Crippen molar-refractivity contribution in [2.24, 2.45) is 0 Å². The molecule has 0 aliphatic heterocycles. The van der Waals surface area contributed by atoms with Crippen molar-refractivity contribution in [3.05, 3.63) is 47.7 Å². The number of methoxy groups -OCH3 is 2. The first kappa shape index (κ1) is 13.7. The van der Waals surface area contributed by atoms with Gasteiger partial charge in [-0.25, -0.2) is 4.98 Å². The van der Waals surface area contributed by atoms with E-state index in [0.29, 0.717) is 23.7 Å². The van der Waals surface area contributed by atoms with Crippen LogP contribution < -0.4 is 14.8 Å². The molecule has 0 saturated heterocycles. The van der Waals surface area contributed by atoms with E-state index in [2.05, 4.69) is 16.4 Å². The summed E-state index contributed by atoms with van der Waals surface area (Å²) in [4.78, 5) is 4.11. The summed E-state index contributed by atoms with van der Waals surface area (Å²) in [5.74, 6) is 1.16. The standard InChI is InChI=1S/C15H15N3O2/c1-19-14-5-3-11(7-12(14)8-16)9-17-13-4-6-15(20-2)18-10-13/h3-7,10,17H,9H2,1-2H3. The minimum absolute atomic E-state index is 0.527. The van der Waals surface area contributed by atoms with Crippen LogP contribution in [0.3, 0.4) is 0 Å². The number of nitriles is 1. The summed E-state index contributed by atoms with van der Waals surface area (Å²) >= 11 is 0. The highest BCUT2D eigenvalue weighted by Crippen LogP contribution is 2.19. The summed E-state index contributed by atoms with van der Waals surface area (Å²) in [7, 11) is 3.13. The second-order valence-electron chi connectivity index (χ2n) is 4.09. The Hall–Kier alpha value is -2.74. The smallest absolute Gasteiger partial charge is 0.213 e. The number of aromatic nitrogens is 1. The molecule has 0 spiro atoms. The molecule has 0 aliphatic carbocycles. The van der Waals surface area contributed by atoms with Crippen molar-refractivity contribution >= 4 is 5.69 Å². The van der Waals surface area contributed by atoms with Crippen molar-refractivity contribution in [2.75, 3.05) is 19.5 Å². The van der Waals surface area contributed by atoms with Gasteiger partial charge in [-0.3, -0.25) is 0 Å². The Bertz CT molecular complexity index is 618. The van der Waals surface area contributed by atoms with Gasteiger partial charge in [0.25, 0.3) is 0 Å². The predicted molar refractivity (Wildman–Crippen MR) is 75.8 cm³/mol. The highest BCUT2D eigenvalue weighted by Gasteiger charge is 2.03. The quantitative estimate of drug-likeness (QED) is 0.903. The number of hydrogen-bond donors (Lipinski definition) is 1. The van der Waals surface area contributed by atoms with Crippen molar-refractivity contribution in [1.29, 1.82) is 5.26 Å². The Morgan fingerprint density at radius 2 is 2.05 bits per heavy atom. The lowest BCUT2D eigenvalue weighted by Gasteiger charge is -2.08. The highest BCUT2D eigenvalue weighted by atomic mass is 16.5. The summed E-state index contributed by atoms with van der Waals surface area (Å²) in [5.41, 5.74) is 2.41. The molecule has 1 heterocycles. The van der Waals surface area contributed by atoms with Gasteiger partial charge in [0, 0.05) is 12.6 Å². The molecule has 0 aliphatic rings. The Morgan fingerprint density at radius 1 is 1.20 bits per heavy atom. The summed E-state index contributed by atoms with van der Waals surface area (Å²) in [6, 6.07) is 11.3. The molecular formula is C15H15N3O2. The van der Waals surface area contributed by atoms with E-state index >= 15 is 0 Å². The Kier molecular flexibility index (Phi) is 4.40. The van der Waals surface area contributed by atoms with E-state index in [0.717, 1.165) is 11.3 Å². The van der Waals surface area contributed by atoms with Crippen LogP contribution >= 0.6 is 0 Å². The molecule has 0 radical (unpaired) electrons. The molecule has 1 aromatic carbocycles. The molecule has 0 saturated carbocycles. The maximum absolute atomic E-state index is 9.04. The lowest BCUT2D eigenvalue weighted by atomic mass is 10.1. The number of ether oxygens (including phenoxy) is 2. The van der Waals surface area contributed by atoms with Gasteiger partial charge in [-0.15, -0.1) is 0 Å². The Labute approximate surface area is 117 Å². The van der Waals surface area contributed by atoms with Crippen LogP contribution in [-0.2, 0) is 6.54 Å². The van der Waals surface area contributed by atoms with E-state index in [1.54, 1.807) is 32.5 Å². The van der Waals surface area contributed by atoms with E-state index < -0.39 is 0 Å². The lowest BCUT2D eigenvalue weighted by molar-refractivity contribution is 0.398. The van der Waals surface area contributed by atoms with Crippen LogP contribution in [0, 0.1) is 11.3 Å². The third-order valence-corrected chi connectivity index (χ3v) is 2.83. The number of pyridine rings is 1. The number of anilines is 1. The Balaban J connectivity index is 2.05. The third kappa shape index (κ3) is 3.18. The molecule has 0 unspecified atom stereocenters. The fourth-order valence-electron chi connectivity index (χ4n) is 1.76. The molecule has 102 valence electrons. The van der Waals surface area contributed by atoms with Gasteiger partial charge in [0.1, 0.15) is 11.8 Å². The molecule has 5 heteroatoms. The van der Waals surface area contributed by atoms with Gasteiger partial charge in [-0.1, -0.05) is 6.07 Å². The van der Waals surface area contributed by atoms with Crippen molar-refractivity contribution in [3.63, 3.8) is 0 Å². The maximum atomic E-state index is 9.04. The summed E-state index contributed by atoms with van der Waals surface area (Å²) in [6.07, 6.45) is 1.70. The summed E-state index contributed by atoms with van der Waals surface area (Å²) < 4.78 is 10.1. The van der Waals surface area contributed by atoms with Gasteiger partial charge in [0.05, 0.1) is 31.7 Å². The molecule has 2 rings (SSSR count). The lowest BCUT2D eigenvalue weighted by Crippen LogP contribution is -2.01. The van der Waals surface area contributed by atoms with Crippen LogP contribution in [0.4, 0.5) is 5.69 Å². The van der Waals surface area contributed by atoms with Gasteiger partial charge in [0.15, 0.2) is 0 Å². The average molecular weight is 269 g/mol. The van der Waals surface area contributed by atoms with Crippen molar-refractivity contribution in [2.45, 2.75) is 6.54 Å². The Morgan fingerprint density at radius 3 is 2.65 bits per heavy atom. The van der Waals surface area contributed by atoms with Gasteiger partial charge in [-0.05, 0) is 23.8 Å². The van der Waals surface area contributed by atoms with Crippen LogP contribution in [0.1, 0.15) is 11.1 Å². The van der Waals surface area contributed by atoms with Gasteiger partial charge in [0.2, 0.25) is 5.88 Å². The molecule has 0 atom stereocenters. The fourth-order valence-corrected chi connectivity index (χ4v) is 1.76. The van der Waals surface area contributed by atoms with Gasteiger partial charge < -0.3 is 14.8 Å². The highest BCUT2D eigenvalue weighted by molar-refractivity contribution is 5.47. The number of benzene rings is 1. The largest absolute Gasteiger partial charge is 0.495 e. The van der Waals surface area contributed by atoms with Crippen LogP contribution in [0.25, 0.3) is 0 Å². The molecule has 1 aromatic heterocycles.